The second kappa shape index (κ2) is 5.96. The maximum Gasteiger partial charge on any atom is 0.123 e. The van der Waals surface area contributed by atoms with Gasteiger partial charge in [-0.2, -0.15) is 0 Å². The normalized spacial score (nSPS) is 15.9. The maximum atomic E-state index is 13.3. The Morgan fingerprint density at radius 2 is 2.05 bits per heavy atom. The van der Waals surface area contributed by atoms with Crippen LogP contribution in [0.15, 0.2) is 28.7 Å². The molecule has 1 aromatic heterocycles. The van der Waals surface area contributed by atoms with Crippen molar-refractivity contribution in [2.75, 3.05) is 0 Å². The van der Waals surface area contributed by atoms with Crippen LogP contribution in [-0.2, 0) is 19.3 Å². The number of hydrogen-bond acceptors (Lipinski definition) is 2. The zero-order valence-corrected chi connectivity index (χ0v) is 13.4. The zero-order chi connectivity index (χ0) is 14.1. The van der Waals surface area contributed by atoms with E-state index in [0.29, 0.717) is 6.42 Å². The van der Waals surface area contributed by atoms with Gasteiger partial charge in [0, 0.05) is 20.6 Å². The second-order valence-corrected chi connectivity index (χ2v) is 7.28. The summed E-state index contributed by atoms with van der Waals surface area (Å²) < 4.78 is 14.1. The summed E-state index contributed by atoms with van der Waals surface area (Å²) in [6, 6.07) is 6.73. The lowest BCUT2D eigenvalue weighted by atomic mass is 9.98. The van der Waals surface area contributed by atoms with Crippen LogP contribution in [-0.4, -0.2) is 5.11 Å². The van der Waals surface area contributed by atoms with Gasteiger partial charge in [-0.05, 0) is 61.1 Å². The number of aliphatic hydroxyl groups is 1. The highest BCUT2D eigenvalue weighted by molar-refractivity contribution is 9.10. The summed E-state index contributed by atoms with van der Waals surface area (Å²) in [7, 11) is 0. The third kappa shape index (κ3) is 2.97. The van der Waals surface area contributed by atoms with Crippen LogP contribution in [0, 0.1) is 5.82 Å². The number of benzene rings is 1. The molecule has 3 rings (SSSR count). The van der Waals surface area contributed by atoms with E-state index in [1.54, 1.807) is 17.4 Å². The molecule has 0 amide bonds. The topological polar surface area (TPSA) is 20.2 Å². The Morgan fingerprint density at radius 3 is 2.85 bits per heavy atom. The van der Waals surface area contributed by atoms with E-state index in [-0.39, 0.29) is 5.82 Å². The predicted molar refractivity (Wildman–Crippen MR) is 83.7 cm³/mol. The van der Waals surface area contributed by atoms with Crippen LogP contribution in [0.25, 0.3) is 0 Å². The molecule has 106 valence electrons. The number of thiophene rings is 1. The Hall–Kier alpha value is -0.710. The fourth-order valence-corrected chi connectivity index (χ4v) is 4.34. The van der Waals surface area contributed by atoms with E-state index >= 15 is 0 Å². The molecule has 20 heavy (non-hydrogen) atoms. The first kappa shape index (κ1) is 14.2. The smallest absolute Gasteiger partial charge is 0.123 e. The van der Waals surface area contributed by atoms with Crippen molar-refractivity contribution in [2.45, 2.75) is 38.2 Å². The van der Waals surface area contributed by atoms with Gasteiger partial charge >= 0.3 is 0 Å². The lowest BCUT2D eigenvalue weighted by Gasteiger charge is -2.10. The van der Waals surface area contributed by atoms with Gasteiger partial charge < -0.3 is 5.11 Å². The van der Waals surface area contributed by atoms with Gasteiger partial charge in [0.2, 0.25) is 0 Å². The quantitative estimate of drug-likeness (QED) is 0.838. The summed E-state index contributed by atoms with van der Waals surface area (Å²) in [6.07, 6.45) is 4.65. The monoisotopic (exact) mass is 354 g/mol. The Kier molecular flexibility index (Phi) is 4.24. The molecule has 0 saturated carbocycles. The summed E-state index contributed by atoms with van der Waals surface area (Å²) in [5.41, 5.74) is 2.21. The number of fused-ring (bicyclic) bond motifs is 1. The minimum absolute atomic E-state index is 0.263. The van der Waals surface area contributed by atoms with E-state index in [9.17, 15) is 9.50 Å². The van der Waals surface area contributed by atoms with Gasteiger partial charge in [-0.25, -0.2) is 4.39 Å². The van der Waals surface area contributed by atoms with E-state index in [2.05, 4.69) is 22.0 Å². The summed E-state index contributed by atoms with van der Waals surface area (Å²) in [6.45, 7) is 0. The van der Waals surface area contributed by atoms with Crippen molar-refractivity contribution in [2.24, 2.45) is 0 Å². The lowest BCUT2D eigenvalue weighted by Crippen LogP contribution is -2.01. The van der Waals surface area contributed by atoms with Crippen LogP contribution in [0.4, 0.5) is 4.39 Å². The van der Waals surface area contributed by atoms with E-state index in [4.69, 9.17) is 0 Å². The third-order valence-corrected chi connectivity index (χ3v) is 5.88. The van der Waals surface area contributed by atoms with Crippen molar-refractivity contribution in [1.29, 1.82) is 0 Å². The largest absolute Gasteiger partial charge is 0.387 e. The number of halogens is 2. The molecule has 0 aliphatic heterocycles. The molecule has 0 radical (unpaired) electrons. The van der Waals surface area contributed by atoms with Crippen LogP contribution in [0.2, 0.25) is 0 Å². The number of rotatable bonds is 3. The molecule has 0 saturated heterocycles. The average Bonchev–Trinajstić information content (AvgIpc) is 2.87. The average molecular weight is 355 g/mol. The highest BCUT2D eigenvalue weighted by Crippen LogP contribution is 2.34. The Morgan fingerprint density at radius 1 is 1.25 bits per heavy atom. The van der Waals surface area contributed by atoms with Gasteiger partial charge in [0.25, 0.3) is 0 Å². The first-order valence-electron chi connectivity index (χ1n) is 6.87. The van der Waals surface area contributed by atoms with Crippen LogP contribution >= 0.6 is 27.3 Å². The Balaban J connectivity index is 1.80. The summed E-state index contributed by atoms with van der Waals surface area (Å²) in [4.78, 5) is 2.43. The standard InChI is InChI=1S/C16H16BrFOS/c17-13-6-5-12(18)7-11(13)8-14(19)16-9-10-3-1-2-4-15(10)20-16/h5-7,9,14,19H,1-4,8H2. The molecule has 1 heterocycles. The van der Waals surface area contributed by atoms with Crippen molar-refractivity contribution in [3.8, 4) is 0 Å². The number of aryl methyl sites for hydroxylation is 2. The maximum absolute atomic E-state index is 13.3. The van der Waals surface area contributed by atoms with E-state index < -0.39 is 6.10 Å². The molecule has 1 atom stereocenters. The SMILES string of the molecule is OC(Cc1cc(F)ccc1Br)c1cc2c(s1)CCCC2. The van der Waals surface area contributed by atoms with Crippen molar-refractivity contribution in [1.82, 2.24) is 0 Å². The highest BCUT2D eigenvalue weighted by Gasteiger charge is 2.18. The first-order chi connectivity index (χ1) is 9.63. The van der Waals surface area contributed by atoms with Gasteiger partial charge in [0.1, 0.15) is 5.82 Å². The summed E-state index contributed by atoms with van der Waals surface area (Å²) in [5, 5.41) is 10.4. The van der Waals surface area contributed by atoms with Gasteiger partial charge in [0.15, 0.2) is 0 Å². The van der Waals surface area contributed by atoms with Crippen molar-refractivity contribution >= 4 is 27.3 Å². The second-order valence-electron chi connectivity index (χ2n) is 5.26. The zero-order valence-electron chi connectivity index (χ0n) is 11.0. The van der Waals surface area contributed by atoms with Crippen molar-refractivity contribution in [3.05, 3.63) is 55.4 Å². The molecule has 1 aliphatic carbocycles. The molecular weight excluding hydrogens is 339 g/mol. The summed E-state index contributed by atoms with van der Waals surface area (Å²) in [5.74, 6) is -0.263. The number of aliphatic hydroxyl groups excluding tert-OH is 1. The molecule has 1 N–H and O–H groups in total. The molecule has 1 unspecified atom stereocenters. The molecule has 0 spiro atoms. The highest BCUT2D eigenvalue weighted by atomic mass is 79.9. The lowest BCUT2D eigenvalue weighted by molar-refractivity contribution is 0.182. The van der Waals surface area contributed by atoms with Crippen LogP contribution < -0.4 is 0 Å². The summed E-state index contributed by atoms with van der Waals surface area (Å²) >= 11 is 5.13. The Labute approximate surface area is 130 Å². The molecule has 1 aliphatic rings. The molecule has 0 bridgehead atoms. The Bertz CT molecular complexity index is 599. The first-order valence-corrected chi connectivity index (χ1v) is 8.48. The van der Waals surface area contributed by atoms with Gasteiger partial charge in [-0.3, -0.25) is 0 Å². The fourth-order valence-electron chi connectivity index (χ4n) is 2.69. The van der Waals surface area contributed by atoms with Gasteiger partial charge in [0.05, 0.1) is 6.10 Å². The minimum Gasteiger partial charge on any atom is -0.387 e. The van der Waals surface area contributed by atoms with Gasteiger partial charge in [-0.1, -0.05) is 15.9 Å². The van der Waals surface area contributed by atoms with Crippen LogP contribution in [0.1, 0.15) is 39.8 Å². The van der Waals surface area contributed by atoms with E-state index in [0.717, 1.165) is 27.8 Å². The molecule has 2 aromatic rings. The predicted octanol–water partition coefficient (Wildman–Crippen LogP) is 4.80. The van der Waals surface area contributed by atoms with Crippen molar-refractivity contribution in [3.63, 3.8) is 0 Å². The molecular formula is C16H16BrFOS. The molecule has 4 heteroatoms. The van der Waals surface area contributed by atoms with Gasteiger partial charge in [-0.15, -0.1) is 11.3 Å². The van der Waals surface area contributed by atoms with Crippen molar-refractivity contribution < 1.29 is 9.50 Å². The van der Waals surface area contributed by atoms with Crippen LogP contribution in [0.3, 0.4) is 0 Å². The molecule has 1 nitrogen and oxygen atoms in total. The fraction of sp³-hybridized carbons (Fsp3) is 0.375. The van der Waals surface area contributed by atoms with E-state index in [1.165, 1.54) is 35.4 Å². The number of hydrogen-bond donors (Lipinski definition) is 1. The third-order valence-electron chi connectivity index (χ3n) is 3.77. The molecule has 1 aromatic carbocycles. The molecule has 0 fully saturated rings. The van der Waals surface area contributed by atoms with E-state index in [1.807, 2.05) is 0 Å². The van der Waals surface area contributed by atoms with Crippen LogP contribution in [0.5, 0.6) is 0 Å². The minimum atomic E-state index is -0.552.